The van der Waals surface area contributed by atoms with E-state index in [0.717, 1.165) is 142 Å². The molecular formula is C76H77F3N18O5. The summed E-state index contributed by atoms with van der Waals surface area (Å²) in [6.45, 7) is 20.7. The van der Waals surface area contributed by atoms with Gasteiger partial charge in [0, 0.05) is 171 Å². The van der Waals surface area contributed by atoms with Crippen LogP contribution in [0.4, 0.5) is 36.8 Å². The van der Waals surface area contributed by atoms with Gasteiger partial charge in [-0.05, 0) is 114 Å². The molecule has 2 fully saturated rings. The maximum absolute atomic E-state index is 14.6. The molecule has 5 aliphatic rings. The number of aromatic nitrogens is 12. The lowest BCUT2D eigenvalue weighted by Gasteiger charge is -2.15. The van der Waals surface area contributed by atoms with Gasteiger partial charge in [-0.3, -0.25) is 27.8 Å². The van der Waals surface area contributed by atoms with E-state index in [2.05, 4.69) is 86.0 Å². The minimum absolute atomic E-state index is 0.183. The Kier molecular flexibility index (Phi) is 19.0. The van der Waals surface area contributed by atoms with Crippen LogP contribution in [0.2, 0.25) is 0 Å². The van der Waals surface area contributed by atoms with Gasteiger partial charge in [0.1, 0.15) is 46.0 Å². The van der Waals surface area contributed by atoms with E-state index in [1.165, 1.54) is 23.8 Å². The highest BCUT2D eigenvalue weighted by Crippen LogP contribution is 2.37. The third-order valence-corrected chi connectivity index (χ3v) is 19.1. The molecular weight excluding hydrogens is 1300 g/mol. The fourth-order valence-electron chi connectivity index (χ4n) is 14.1. The van der Waals surface area contributed by atoms with Crippen molar-refractivity contribution in [2.24, 2.45) is 0 Å². The predicted octanol–water partition coefficient (Wildman–Crippen LogP) is 12.1. The van der Waals surface area contributed by atoms with Gasteiger partial charge in [-0.15, -0.1) is 0 Å². The zero-order valence-electron chi connectivity index (χ0n) is 57.4. The summed E-state index contributed by atoms with van der Waals surface area (Å²) in [4.78, 5) is 40.5. The summed E-state index contributed by atoms with van der Waals surface area (Å²) in [5, 5.41) is 24.3. The normalized spacial score (nSPS) is 15.9. The van der Waals surface area contributed by atoms with E-state index in [9.17, 15) is 18.3 Å². The molecule has 4 N–H and O–H groups in total. The fraction of sp³-hybridized carbons (Fsp3) is 0.329. The van der Waals surface area contributed by atoms with Gasteiger partial charge < -0.3 is 49.7 Å². The molecule has 0 radical (unpaired) electrons. The number of fused-ring (bicyclic) bond motifs is 6. The molecule has 522 valence electrons. The van der Waals surface area contributed by atoms with Crippen molar-refractivity contribution >= 4 is 40.6 Å². The Balaban J connectivity index is 0.000000124. The summed E-state index contributed by atoms with van der Waals surface area (Å²) in [6, 6.07) is 23.9. The van der Waals surface area contributed by atoms with Crippen LogP contribution in [0.15, 0.2) is 122 Å². The maximum atomic E-state index is 14.6. The van der Waals surface area contributed by atoms with Crippen LogP contribution < -0.4 is 30.2 Å². The lowest BCUT2D eigenvalue weighted by atomic mass is 10.0. The number of hydrogen-bond acceptors (Lipinski definition) is 18. The number of halogens is 3. The van der Waals surface area contributed by atoms with E-state index >= 15 is 0 Å². The number of hydrogen-bond donors (Lipinski definition) is 4. The highest BCUT2D eigenvalue weighted by atomic mass is 19.1. The van der Waals surface area contributed by atoms with Crippen LogP contribution in [0.1, 0.15) is 81.0 Å². The van der Waals surface area contributed by atoms with Crippen molar-refractivity contribution in [2.45, 2.75) is 111 Å². The Bertz CT molecular complexity index is 5150. The van der Waals surface area contributed by atoms with Crippen LogP contribution in [-0.4, -0.2) is 139 Å². The first kappa shape index (κ1) is 66.9. The van der Waals surface area contributed by atoms with Crippen molar-refractivity contribution < 1.29 is 37.2 Å². The number of likely N-dealkylation sites (tertiary alicyclic amines) is 1. The van der Waals surface area contributed by atoms with Gasteiger partial charge in [-0.2, -0.15) is 5.10 Å². The zero-order valence-corrected chi connectivity index (χ0v) is 57.4. The van der Waals surface area contributed by atoms with Crippen molar-refractivity contribution in [3.8, 4) is 50.8 Å². The predicted molar refractivity (Wildman–Crippen MR) is 380 cm³/mol. The van der Waals surface area contributed by atoms with Gasteiger partial charge >= 0.3 is 0 Å². The number of pyridine rings is 1. The van der Waals surface area contributed by atoms with Gasteiger partial charge in [0.25, 0.3) is 5.82 Å². The van der Waals surface area contributed by atoms with Gasteiger partial charge in [0.05, 0.1) is 66.9 Å². The number of β-amino-alcohol motifs (C(OH)–C–C–N with tert-alkyl or cyclic N) is 1. The molecule has 26 heteroatoms. The average molecular weight is 1380 g/mol. The second kappa shape index (κ2) is 28.9. The minimum Gasteiger partial charge on any atom is -0.493 e. The summed E-state index contributed by atoms with van der Waals surface area (Å²) in [6.07, 6.45) is 17.8. The molecule has 5 aliphatic heterocycles. The summed E-state index contributed by atoms with van der Waals surface area (Å²) in [7, 11) is 4.06. The molecule has 2 atom stereocenters. The molecule has 0 bridgehead atoms. The molecule has 4 aromatic carbocycles. The quantitative estimate of drug-likeness (QED) is 0.0586. The van der Waals surface area contributed by atoms with Crippen molar-refractivity contribution in [3.63, 3.8) is 0 Å². The molecule has 0 spiro atoms. The van der Waals surface area contributed by atoms with E-state index in [1.807, 2.05) is 91.5 Å². The molecule has 0 amide bonds. The average Bonchev–Trinajstić information content (AvgIpc) is 1.61. The lowest BCUT2D eigenvalue weighted by Crippen LogP contribution is -2.21. The van der Waals surface area contributed by atoms with E-state index in [0.29, 0.717) is 110 Å². The minimum atomic E-state index is -0.283. The van der Waals surface area contributed by atoms with E-state index < -0.39 is 0 Å². The highest BCUT2D eigenvalue weighted by Gasteiger charge is 2.27. The number of nitrogens with zero attached hydrogens (tertiary/aromatic N) is 15. The van der Waals surface area contributed by atoms with Crippen molar-refractivity contribution in [1.29, 1.82) is 0 Å². The molecule has 12 aromatic rings. The van der Waals surface area contributed by atoms with Gasteiger partial charge in [0.2, 0.25) is 23.5 Å². The van der Waals surface area contributed by atoms with Crippen LogP contribution in [0.5, 0.6) is 17.2 Å². The number of benzene rings is 4. The standard InChI is InChI=1S/C27H28FN5O2.C25H27FN6O.C24H22FN7O2/c1-17-14-33-26(31-17)22(19-4-2-18(3-5-19)15-32-10-8-20(34)16-32)12-29-27(33)30-13-23-21-9-11-35-25(21)7-6-24(23)28;1-15-13-32-24(29-15)21(18-6-5-17(14-31(3)4)30-16(18)2)12-28-25(32)27-11-20-19-9-10-33-23(19)8-7-22(20)26;1-26-22-14-32-23(29-22)18(20-6-8-31(30-20)13-15-3-2-9-33-15)12-28-24(32)27-11-17-16-7-10-34-21(16)5-4-19(17)25/h2-7,12,14,20,34H,8-11,13,15-16H2,1H3,(H,29,30);5-8,12-13H,9-11,14H2,1-4H3,(H,27,28);4-6,8,12,14-15H,2-3,7,9-11,13H2,(H,27,28). The number of aliphatic hydroxyl groups excluding tert-OH is 1. The highest BCUT2D eigenvalue weighted by molar-refractivity contribution is 5.81. The first-order chi connectivity index (χ1) is 49.6. The second-order valence-corrected chi connectivity index (χ2v) is 26.5. The zero-order chi connectivity index (χ0) is 70.1. The van der Waals surface area contributed by atoms with E-state index in [-0.39, 0.29) is 42.0 Å². The van der Waals surface area contributed by atoms with Crippen LogP contribution >= 0.6 is 0 Å². The number of nitrogens with one attached hydrogen (secondary N) is 3. The van der Waals surface area contributed by atoms with Gasteiger partial charge in [-0.25, -0.2) is 38.1 Å². The lowest BCUT2D eigenvalue weighted by molar-refractivity contribution is 0.0940. The smallest absolute Gasteiger partial charge is 0.288 e. The first-order valence-corrected chi connectivity index (χ1v) is 34.4. The molecule has 2 unspecified atom stereocenters. The van der Waals surface area contributed by atoms with Gasteiger partial charge in [0.15, 0.2) is 0 Å². The Morgan fingerprint density at radius 3 is 1.66 bits per heavy atom. The van der Waals surface area contributed by atoms with Gasteiger partial charge in [-0.1, -0.05) is 41.9 Å². The first-order valence-electron chi connectivity index (χ1n) is 34.4. The molecule has 0 aliphatic carbocycles. The summed E-state index contributed by atoms with van der Waals surface area (Å²) < 4.78 is 73.6. The van der Waals surface area contributed by atoms with Crippen molar-refractivity contribution in [3.05, 3.63) is 213 Å². The van der Waals surface area contributed by atoms with Crippen molar-refractivity contribution in [1.82, 2.24) is 67.7 Å². The number of rotatable bonds is 18. The maximum Gasteiger partial charge on any atom is 0.288 e. The summed E-state index contributed by atoms with van der Waals surface area (Å²) in [5.74, 6) is 3.44. The monoisotopic (exact) mass is 1380 g/mol. The fourth-order valence-corrected chi connectivity index (χ4v) is 14.1. The van der Waals surface area contributed by atoms with E-state index in [4.69, 9.17) is 40.5 Å². The number of anilines is 3. The van der Waals surface area contributed by atoms with Crippen LogP contribution in [0, 0.1) is 44.8 Å². The number of aliphatic hydroxyl groups is 1. The third kappa shape index (κ3) is 14.0. The number of imidazole rings is 3. The number of ether oxygens (including phenoxy) is 4. The number of aryl methyl sites for hydroxylation is 3. The Hall–Kier alpha value is -11.0. The molecule has 2 saturated heterocycles. The largest absolute Gasteiger partial charge is 0.493 e. The Morgan fingerprint density at radius 2 is 1.14 bits per heavy atom. The SMILES string of the molecule is Cc1cn2c(NCc3c(F)ccc4c3CCO4)ncc(-c3ccc(CN(C)C)nc3C)c2n1.Cc1cn2c(NCc3c(F)ccc4c3CCO4)ncc(-c3ccc(CN4CCC(O)C4)cc3)c2n1.[C-]#[N+]c1cn2c(NCc3c(F)ccc4c3CCO4)ncc(-c3ccn(CC4CCCO4)n3)c2n1. The molecule has 23 nitrogen and oxygen atoms in total. The second-order valence-electron chi connectivity index (χ2n) is 26.5. The topological polar surface area (TPSA) is 225 Å². The Morgan fingerprint density at radius 1 is 0.598 bits per heavy atom. The summed E-state index contributed by atoms with van der Waals surface area (Å²) >= 11 is 0. The molecule has 0 saturated carbocycles. The van der Waals surface area contributed by atoms with Crippen LogP contribution in [-0.2, 0) is 63.3 Å². The molecule has 13 heterocycles. The van der Waals surface area contributed by atoms with Crippen LogP contribution in [0.25, 0.3) is 55.3 Å². The summed E-state index contributed by atoms with van der Waals surface area (Å²) in [5.41, 5.74) is 16.9. The molecule has 17 rings (SSSR count). The van der Waals surface area contributed by atoms with E-state index in [1.54, 1.807) is 35.0 Å². The molecule has 8 aromatic heterocycles. The third-order valence-electron chi connectivity index (χ3n) is 19.1. The molecule has 102 heavy (non-hydrogen) atoms. The van der Waals surface area contributed by atoms with Crippen molar-refractivity contribution in [2.75, 3.05) is 69.6 Å². The van der Waals surface area contributed by atoms with Crippen LogP contribution in [0.3, 0.4) is 0 Å². The Labute approximate surface area is 586 Å².